The molecule has 2 rings (SSSR count). The first-order chi connectivity index (χ1) is 6.07. The Labute approximate surface area is 77.8 Å². The van der Waals surface area contributed by atoms with Crippen LogP contribution in [0.5, 0.6) is 0 Å². The Kier molecular flexibility index (Phi) is 1.88. The zero-order valence-electron chi connectivity index (χ0n) is 7.81. The zero-order valence-corrected chi connectivity index (χ0v) is 7.81. The molecule has 13 heavy (non-hydrogen) atoms. The summed E-state index contributed by atoms with van der Waals surface area (Å²) in [5.41, 5.74) is 7.93. The molecule has 1 saturated carbocycles. The van der Waals surface area contributed by atoms with Crippen molar-refractivity contribution in [2.24, 2.45) is 5.73 Å². The number of hydrogen-bond acceptors (Lipinski definition) is 1. The molecule has 0 aliphatic heterocycles. The van der Waals surface area contributed by atoms with E-state index < -0.39 is 0 Å². The Morgan fingerprint density at radius 3 is 2.62 bits per heavy atom. The molecule has 1 aromatic carbocycles. The maximum Gasteiger partial charge on any atom is 0.123 e. The van der Waals surface area contributed by atoms with Crippen LogP contribution in [0.1, 0.15) is 24.0 Å². The third kappa shape index (κ3) is 2.07. The summed E-state index contributed by atoms with van der Waals surface area (Å²) >= 11 is 0. The molecule has 0 unspecified atom stereocenters. The fourth-order valence-corrected chi connectivity index (χ4v) is 1.66. The topological polar surface area (TPSA) is 26.0 Å². The first-order valence-corrected chi connectivity index (χ1v) is 4.62. The van der Waals surface area contributed by atoms with Gasteiger partial charge in [-0.05, 0) is 49.4 Å². The van der Waals surface area contributed by atoms with Crippen molar-refractivity contribution in [2.75, 3.05) is 0 Å². The Balaban J connectivity index is 2.20. The van der Waals surface area contributed by atoms with Crippen molar-refractivity contribution in [3.8, 4) is 0 Å². The van der Waals surface area contributed by atoms with Gasteiger partial charge in [-0.2, -0.15) is 0 Å². The van der Waals surface area contributed by atoms with Gasteiger partial charge in [0.1, 0.15) is 5.82 Å². The second-order valence-corrected chi connectivity index (χ2v) is 4.18. The predicted octanol–water partition coefficient (Wildman–Crippen LogP) is 2.17. The smallest absolute Gasteiger partial charge is 0.123 e. The third-order valence-electron chi connectivity index (χ3n) is 2.55. The largest absolute Gasteiger partial charge is 0.325 e. The van der Waals surface area contributed by atoms with E-state index in [1.165, 1.54) is 0 Å². The fourth-order valence-electron chi connectivity index (χ4n) is 1.66. The molecule has 0 atom stereocenters. The molecule has 1 aromatic rings. The second kappa shape index (κ2) is 2.81. The molecule has 0 spiro atoms. The lowest BCUT2D eigenvalue weighted by atomic mass is 10.0. The lowest BCUT2D eigenvalue weighted by Gasteiger charge is -2.08. The molecular formula is C11H14FN. The first-order valence-electron chi connectivity index (χ1n) is 4.62. The Morgan fingerprint density at radius 1 is 1.38 bits per heavy atom. The highest BCUT2D eigenvalue weighted by Gasteiger charge is 2.37. The Hall–Kier alpha value is -0.890. The summed E-state index contributed by atoms with van der Waals surface area (Å²) in [4.78, 5) is 0. The van der Waals surface area contributed by atoms with E-state index in [9.17, 15) is 4.39 Å². The van der Waals surface area contributed by atoms with Crippen molar-refractivity contribution in [2.45, 2.75) is 31.7 Å². The van der Waals surface area contributed by atoms with E-state index >= 15 is 0 Å². The molecule has 1 aliphatic carbocycles. The van der Waals surface area contributed by atoms with Gasteiger partial charge in [0.15, 0.2) is 0 Å². The molecule has 0 amide bonds. The molecule has 2 N–H and O–H groups in total. The van der Waals surface area contributed by atoms with Crippen LogP contribution in [0.3, 0.4) is 0 Å². The molecule has 70 valence electrons. The van der Waals surface area contributed by atoms with E-state index in [2.05, 4.69) is 0 Å². The maximum atomic E-state index is 13.0. The van der Waals surface area contributed by atoms with Crippen LogP contribution in [0.15, 0.2) is 18.2 Å². The molecule has 2 heteroatoms. The van der Waals surface area contributed by atoms with E-state index in [0.717, 1.165) is 30.4 Å². The van der Waals surface area contributed by atoms with Crippen LogP contribution >= 0.6 is 0 Å². The van der Waals surface area contributed by atoms with E-state index in [0.29, 0.717) is 0 Å². The van der Waals surface area contributed by atoms with Gasteiger partial charge < -0.3 is 5.73 Å². The minimum absolute atomic E-state index is 0.0275. The van der Waals surface area contributed by atoms with Gasteiger partial charge in [-0.3, -0.25) is 0 Å². The summed E-state index contributed by atoms with van der Waals surface area (Å²) in [5.74, 6) is -0.153. The molecule has 1 fully saturated rings. The van der Waals surface area contributed by atoms with Crippen LogP contribution in [-0.2, 0) is 6.42 Å². The predicted molar refractivity (Wildman–Crippen MR) is 51.0 cm³/mol. The number of nitrogens with two attached hydrogens (primary N) is 1. The maximum absolute atomic E-state index is 13.0. The van der Waals surface area contributed by atoms with Crippen molar-refractivity contribution >= 4 is 0 Å². The van der Waals surface area contributed by atoms with Gasteiger partial charge in [-0.15, -0.1) is 0 Å². The van der Waals surface area contributed by atoms with E-state index in [-0.39, 0.29) is 11.4 Å². The van der Waals surface area contributed by atoms with Gasteiger partial charge in [-0.25, -0.2) is 4.39 Å². The number of aryl methyl sites for hydroxylation is 1. The first kappa shape index (κ1) is 8.70. The van der Waals surface area contributed by atoms with Crippen molar-refractivity contribution in [3.63, 3.8) is 0 Å². The molecule has 0 bridgehead atoms. The third-order valence-corrected chi connectivity index (χ3v) is 2.55. The van der Waals surface area contributed by atoms with E-state index in [4.69, 9.17) is 5.73 Å². The molecule has 0 heterocycles. The van der Waals surface area contributed by atoms with Gasteiger partial charge in [-0.1, -0.05) is 6.07 Å². The molecule has 0 saturated heterocycles. The van der Waals surface area contributed by atoms with Crippen LogP contribution in [0.4, 0.5) is 4.39 Å². The summed E-state index contributed by atoms with van der Waals surface area (Å²) < 4.78 is 13.0. The molecule has 0 aromatic heterocycles. The monoisotopic (exact) mass is 179 g/mol. The minimum atomic E-state index is -0.153. The van der Waals surface area contributed by atoms with Crippen LogP contribution < -0.4 is 5.73 Å². The van der Waals surface area contributed by atoms with Gasteiger partial charge in [0.05, 0.1) is 0 Å². The van der Waals surface area contributed by atoms with Gasteiger partial charge in [0.2, 0.25) is 0 Å². The van der Waals surface area contributed by atoms with Gasteiger partial charge in [0.25, 0.3) is 0 Å². The van der Waals surface area contributed by atoms with Gasteiger partial charge in [0, 0.05) is 5.54 Å². The van der Waals surface area contributed by atoms with Crippen molar-refractivity contribution in [1.29, 1.82) is 0 Å². The lowest BCUT2D eigenvalue weighted by molar-refractivity contribution is 0.616. The fraction of sp³-hybridized carbons (Fsp3) is 0.455. The highest BCUT2D eigenvalue weighted by Crippen LogP contribution is 2.35. The molecular weight excluding hydrogens is 165 g/mol. The van der Waals surface area contributed by atoms with Crippen molar-refractivity contribution in [1.82, 2.24) is 0 Å². The average molecular weight is 179 g/mol. The molecule has 1 nitrogen and oxygen atoms in total. The molecule has 1 aliphatic rings. The zero-order chi connectivity index (χ0) is 9.47. The van der Waals surface area contributed by atoms with Crippen LogP contribution in [-0.4, -0.2) is 5.54 Å². The normalized spacial score (nSPS) is 18.7. The second-order valence-electron chi connectivity index (χ2n) is 4.18. The van der Waals surface area contributed by atoms with Crippen molar-refractivity contribution < 1.29 is 4.39 Å². The van der Waals surface area contributed by atoms with E-state index in [1.807, 2.05) is 13.0 Å². The lowest BCUT2D eigenvalue weighted by Crippen LogP contribution is -2.24. The van der Waals surface area contributed by atoms with E-state index in [1.54, 1.807) is 12.1 Å². The highest BCUT2D eigenvalue weighted by atomic mass is 19.1. The number of rotatable bonds is 2. The summed E-state index contributed by atoms with van der Waals surface area (Å²) in [5, 5.41) is 0. The van der Waals surface area contributed by atoms with Gasteiger partial charge >= 0.3 is 0 Å². The summed E-state index contributed by atoms with van der Waals surface area (Å²) in [6.07, 6.45) is 2.96. The van der Waals surface area contributed by atoms with Crippen LogP contribution in [0.2, 0.25) is 0 Å². The Morgan fingerprint density at radius 2 is 2.08 bits per heavy atom. The number of halogens is 1. The quantitative estimate of drug-likeness (QED) is 0.739. The Bertz CT molecular complexity index is 309. The average Bonchev–Trinajstić information content (AvgIpc) is 2.64. The van der Waals surface area contributed by atoms with Crippen LogP contribution in [0.25, 0.3) is 0 Å². The molecule has 0 radical (unpaired) electrons. The van der Waals surface area contributed by atoms with Crippen LogP contribution in [0, 0.1) is 12.7 Å². The summed E-state index contributed by atoms with van der Waals surface area (Å²) in [7, 11) is 0. The minimum Gasteiger partial charge on any atom is -0.325 e. The highest BCUT2D eigenvalue weighted by molar-refractivity contribution is 5.26. The van der Waals surface area contributed by atoms with Crippen molar-refractivity contribution in [3.05, 3.63) is 35.1 Å². The summed E-state index contributed by atoms with van der Waals surface area (Å²) in [6, 6.07) is 5.13. The number of benzene rings is 1. The SMILES string of the molecule is Cc1cc(F)cc(CC2(N)CC2)c1. The standard InChI is InChI=1S/C11H14FN/c1-8-4-9(6-10(12)5-8)7-11(13)2-3-11/h4-6H,2-3,7,13H2,1H3. The summed E-state index contributed by atoms with van der Waals surface area (Å²) in [6.45, 7) is 1.91. The number of hydrogen-bond donors (Lipinski definition) is 1.